The van der Waals surface area contributed by atoms with E-state index in [-0.39, 0.29) is 13.1 Å². The molecule has 0 saturated carbocycles. The number of hydrogen-bond donors (Lipinski definition) is 2. The van der Waals surface area contributed by atoms with Crippen LogP contribution >= 0.6 is 7.67 Å². The van der Waals surface area contributed by atoms with E-state index in [1.165, 1.54) is 0 Å². The van der Waals surface area contributed by atoms with Gasteiger partial charge in [0.15, 0.2) is 0 Å². The summed E-state index contributed by atoms with van der Waals surface area (Å²) in [7, 11) is -4.16. The van der Waals surface area contributed by atoms with E-state index >= 15 is 4.57 Å². The fourth-order valence-electron chi connectivity index (χ4n) is 7.68. The van der Waals surface area contributed by atoms with Crippen molar-refractivity contribution in [2.75, 3.05) is 0 Å². The third kappa shape index (κ3) is 7.56. The fraction of sp³-hybridized carbons (Fsp3) is 0.174. The highest BCUT2D eigenvalue weighted by atomic mass is 31.2. The monoisotopic (exact) mass is 718 g/mol. The van der Waals surface area contributed by atoms with Gasteiger partial charge in [-0.2, -0.15) is 9.34 Å². The van der Waals surface area contributed by atoms with Crippen molar-refractivity contribution in [1.82, 2.24) is 9.34 Å². The van der Waals surface area contributed by atoms with E-state index in [9.17, 15) is 10.2 Å². The number of nitrogens with zero attached hydrogens (tertiary/aromatic N) is 2. The SMILES string of the molecule is O=P1(Oc2ccccc2)N(Cc2ccc3ccccc3c2)[C@H](Cc2ccccc2)[C@H](O)[C@@H](O)[C@@H](Cc2ccccc2)N1Cc1ccc2ccccc2c1. The van der Waals surface area contributed by atoms with Gasteiger partial charge < -0.3 is 14.7 Å². The zero-order valence-electron chi connectivity index (χ0n) is 29.4. The summed E-state index contributed by atoms with van der Waals surface area (Å²) in [6, 6.07) is 56.4. The molecule has 6 nitrogen and oxygen atoms in total. The van der Waals surface area contributed by atoms with Crippen molar-refractivity contribution in [1.29, 1.82) is 0 Å². The first kappa shape index (κ1) is 35.0. The summed E-state index contributed by atoms with van der Waals surface area (Å²) in [5.74, 6) is 0.450. The van der Waals surface area contributed by atoms with E-state index in [0.717, 1.165) is 43.8 Å². The Morgan fingerprint density at radius 1 is 0.453 bits per heavy atom. The predicted molar refractivity (Wildman–Crippen MR) is 214 cm³/mol. The van der Waals surface area contributed by atoms with Crippen LogP contribution in [-0.2, 0) is 30.5 Å². The Balaban J connectivity index is 1.33. The highest BCUT2D eigenvalue weighted by Crippen LogP contribution is 2.60. The van der Waals surface area contributed by atoms with E-state index in [1.807, 2.05) is 125 Å². The molecule has 266 valence electrons. The summed E-state index contributed by atoms with van der Waals surface area (Å²) in [6.45, 7) is 0.422. The summed E-state index contributed by atoms with van der Waals surface area (Å²) >= 11 is 0. The Bertz CT molecular complexity index is 2200. The van der Waals surface area contributed by atoms with Crippen LogP contribution in [0, 0.1) is 0 Å². The lowest BCUT2D eigenvalue weighted by Crippen LogP contribution is -2.50. The predicted octanol–water partition coefficient (Wildman–Crippen LogP) is 9.44. The topological polar surface area (TPSA) is 73.2 Å². The zero-order chi connectivity index (χ0) is 36.2. The minimum absolute atomic E-state index is 0.211. The van der Waals surface area contributed by atoms with Gasteiger partial charge in [0.2, 0.25) is 0 Å². The molecule has 0 amide bonds. The van der Waals surface area contributed by atoms with Gasteiger partial charge in [-0.05, 0) is 80.9 Å². The summed E-state index contributed by atoms with van der Waals surface area (Å²) < 4.78 is 27.3. The van der Waals surface area contributed by atoms with Crippen LogP contribution in [0.25, 0.3) is 21.5 Å². The molecule has 7 heteroatoms. The first-order chi connectivity index (χ1) is 25.9. The maximum atomic E-state index is 16.7. The van der Waals surface area contributed by atoms with Gasteiger partial charge in [0.05, 0.1) is 24.3 Å². The second kappa shape index (κ2) is 15.5. The minimum Gasteiger partial charge on any atom is -0.422 e. The molecule has 1 aliphatic rings. The van der Waals surface area contributed by atoms with Crippen LogP contribution in [0.4, 0.5) is 0 Å². The second-order valence-electron chi connectivity index (χ2n) is 13.9. The lowest BCUT2D eigenvalue weighted by molar-refractivity contribution is -0.0408. The molecule has 0 unspecified atom stereocenters. The van der Waals surface area contributed by atoms with Crippen molar-refractivity contribution in [3.8, 4) is 5.75 Å². The first-order valence-corrected chi connectivity index (χ1v) is 19.8. The van der Waals surface area contributed by atoms with Gasteiger partial charge in [0.25, 0.3) is 0 Å². The summed E-state index contributed by atoms with van der Waals surface area (Å²) in [6.07, 6.45) is -1.84. The molecule has 8 rings (SSSR count). The molecule has 1 heterocycles. The lowest BCUT2D eigenvalue weighted by Gasteiger charge is -2.42. The highest BCUT2D eigenvalue weighted by molar-refractivity contribution is 7.54. The Morgan fingerprint density at radius 3 is 1.26 bits per heavy atom. The molecule has 53 heavy (non-hydrogen) atoms. The van der Waals surface area contributed by atoms with Crippen LogP contribution in [0.2, 0.25) is 0 Å². The standard InChI is InChI=1S/C46H43N2O4P/c49-45-43(30-34-14-4-1-5-15-34)47(32-36-24-26-38-18-10-12-20-40(38)28-36)53(51,52-42-22-8-3-9-23-42)48(44(46(45)50)31-35-16-6-2-7-17-35)33-37-25-27-39-19-11-13-21-41(39)29-37/h1-29,43-46,49-50H,30-33H2/t43-,44-,45+,46+/m1/s1. The molecular weight excluding hydrogens is 675 g/mol. The Kier molecular flexibility index (Phi) is 10.2. The maximum Gasteiger partial charge on any atom is 0.397 e. The van der Waals surface area contributed by atoms with Gasteiger partial charge in [-0.15, -0.1) is 0 Å². The molecule has 0 radical (unpaired) electrons. The van der Waals surface area contributed by atoms with Gasteiger partial charge in [0, 0.05) is 13.1 Å². The number of para-hydroxylation sites is 1. The van der Waals surface area contributed by atoms with E-state index in [0.29, 0.717) is 18.6 Å². The minimum atomic E-state index is -4.16. The smallest absolute Gasteiger partial charge is 0.397 e. The number of aliphatic hydroxyl groups is 2. The molecule has 4 atom stereocenters. The average molecular weight is 719 g/mol. The van der Waals surface area contributed by atoms with E-state index in [1.54, 1.807) is 0 Å². The van der Waals surface area contributed by atoms with Crippen molar-refractivity contribution in [3.05, 3.63) is 198 Å². The summed E-state index contributed by atoms with van der Waals surface area (Å²) in [5, 5.41) is 29.3. The van der Waals surface area contributed by atoms with E-state index < -0.39 is 32.0 Å². The Hall–Kier alpha value is -5.07. The molecule has 0 bridgehead atoms. The van der Waals surface area contributed by atoms with Crippen LogP contribution in [0.15, 0.2) is 176 Å². The molecule has 7 aromatic carbocycles. The normalized spacial score (nSPS) is 22.5. The number of benzene rings is 7. The van der Waals surface area contributed by atoms with Crippen LogP contribution in [0.1, 0.15) is 22.3 Å². The van der Waals surface area contributed by atoms with Gasteiger partial charge in [0.1, 0.15) is 5.75 Å². The van der Waals surface area contributed by atoms with E-state index in [2.05, 4.69) is 60.7 Å². The summed E-state index contributed by atoms with van der Waals surface area (Å²) in [5.41, 5.74) is 3.77. The van der Waals surface area contributed by atoms with Crippen LogP contribution in [0.5, 0.6) is 5.75 Å². The second-order valence-corrected chi connectivity index (χ2v) is 16.1. The van der Waals surface area contributed by atoms with Crippen molar-refractivity contribution >= 4 is 29.2 Å². The molecular formula is C46H43N2O4P. The molecule has 2 N–H and O–H groups in total. The quantitative estimate of drug-likeness (QED) is 0.137. The van der Waals surface area contributed by atoms with Gasteiger partial charge in [-0.25, -0.2) is 4.57 Å². The molecule has 0 spiro atoms. The van der Waals surface area contributed by atoms with Gasteiger partial charge in [-0.3, -0.25) is 0 Å². The number of aliphatic hydroxyl groups excluding tert-OH is 2. The molecule has 7 aromatic rings. The third-order valence-corrected chi connectivity index (χ3v) is 13.0. The van der Waals surface area contributed by atoms with Gasteiger partial charge in [-0.1, -0.05) is 152 Å². The van der Waals surface area contributed by atoms with E-state index in [4.69, 9.17) is 4.52 Å². The Morgan fingerprint density at radius 2 is 0.830 bits per heavy atom. The van der Waals surface area contributed by atoms with Crippen molar-refractivity contribution in [2.24, 2.45) is 0 Å². The van der Waals surface area contributed by atoms with Crippen LogP contribution < -0.4 is 4.52 Å². The lowest BCUT2D eigenvalue weighted by atomic mass is 9.90. The number of fused-ring (bicyclic) bond motifs is 2. The Labute approximate surface area is 311 Å². The maximum absolute atomic E-state index is 16.7. The third-order valence-electron chi connectivity index (χ3n) is 10.4. The van der Waals surface area contributed by atoms with Crippen molar-refractivity contribution in [3.63, 3.8) is 0 Å². The molecule has 1 aliphatic heterocycles. The van der Waals surface area contributed by atoms with Gasteiger partial charge >= 0.3 is 7.67 Å². The van der Waals surface area contributed by atoms with Crippen molar-refractivity contribution in [2.45, 2.75) is 50.2 Å². The van der Waals surface area contributed by atoms with Crippen LogP contribution in [0.3, 0.4) is 0 Å². The summed E-state index contributed by atoms with van der Waals surface area (Å²) in [4.78, 5) is 0. The largest absolute Gasteiger partial charge is 0.422 e. The zero-order valence-corrected chi connectivity index (χ0v) is 30.3. The molecule has 0 aromatic heterocycles. The molecule has 1 fully saturated rings. The molecule has 0 aliphatic carbocycles. The number of rotatable bonds is 10. The van der Waals surface area contributed by atoms with Crippen molar-refractivity contribution < 1.29 is 19.3 Å². The average Bonchev–Trinajstić information content (AvgIpc) is 3.25. The highest BCUT2D eigenvalue weighted by Gasteiger charge is 2.55. The first-order valence-electron chi connectivity index (χ1n) is 18.2. The molecule has 1 saturated heterocycles. The fourth-order valence-corrected chi connectivity index (χ4v) is 10.5. The number of hydrogen-bond acceptors (Lipinski definition) is 4. The van der Waals surface area contributed by atoms with Crippen LogP contribution in [-0.4, -0.2) is 43.8 Å².